The number of aliphatic hydroxyl groups is 1. The normalized spacial score (nSPS) is 14.6. The Morgan fingerprint density at radius 1 is 1.19 bits per heavy atom. The molecule has 0 atom stereocenters. The average Bonchev–Trinajstić information content (AvgIpc) is 2.44. The zero-order valence-electron chi connectivity index (χ0n) is 11.9. The maximum Gasteiger partial charge on any atom is 0.269 e. The third-order valence-corrected chi connectivity index (χ3v) is 3.68. The van der Waals surface area contributed by atoms with Crippen LogP contribution in [-0.4, -0.2) is 47.6 Å². The summed E-state index contributed by atoms with van der Waals surface area (Å²) in [5, 5.41) is 9.04. The second-order valence-electron chi connectivity index (χ2n) is 5.15. The second kappa shape index (κ2) is 7.75. The Labute approximate surface area is 124 Å². The summed E-state index contributed by atoms with van der Waals surface area (Å²) in [7, 11) is 0. The van der Waals surface area contributed by atoms with E-state index in [0.29, 0.717) is 18.2 Å². The van der Waals surface area contributed by atoms with Gasteiger partial charge in [0, 0.05) is 18.2 Å². The van der Waals surface area contributed by atoms with E-state index in [2.05, 4.69) is 10.9 Å². The predicted molar refractivity (Wildman–Crippen MR) is 78.3 cm³/mol. The van der Waals surface area contributed by atoms with E-state index < -0.39 is 0 Å². The largest absolute Gasteiger partial charge is 0.395 e. The summed E-state index contributed by atoms with van der Waals surface area (Å²) < 4.78 is 0. The second-order valence-corrected chi connectivity index (χ2v) is 5.15. The lowest BCUT2D eigenvalue weighted by Gasteiger charge is -2.36. The first-order valence-corrected chi connectivity index (χ1v) is 7.20. The standard InChI is InChI=1S/C15H21N3O3/c19-10-9-18(13-7-4-8-13)11-14(20)16-17-15(21)12-5-2-1-3-6-12/h1-3,5-6,13,19H,4,7-11H2,(H,16,20)(H,17,21). The van der Waals surface area contributed by atoms with Crippen LogP contribution in [0.2, 0.25) is 0 Å². The molecule has 0 heterocycles. The van der Waals surface area contributed by atoms with E-state index >= 15 is 0 Å². The zero-order valence-corrected chi connectivity index (χ0v) is 11.9. The van der Waals surface area contributed by atoms with Gasteiger partial charge in [-0.1, -0.05) is 24.6 Å². The number of rotatable bonds is 6. The highest BCUT2D eigenvalue weighted by Crippen LogP contribution is 2.24. The van der Waals surface area contributed by atoms with Crippen LogP contribution < -0.4 is 10.9 Å². The summed E-state index contributed by atoms with van der Waals surface area (Å²) in [5.41, 5.74) is 5.29. The van der Waals surface area contributed by atoms with Crippen LogP contribution in [0.3, 0.4) is 0 Å². The van der Waals surface area contributed by atoms with Gasteiger partial charge in [-0.3, -0.25) is 25.3 Å². The van der Waals surface area contributed by atoms with Crippen molar-refractivity contribution in [3.63, 3.8) is 0 Å². The highest BCUT2D eigenvalue weighted by Gasteiger charge is 2.26. The van der Waals surface area contributed by atoms with Crippen LogP contribution in [0.4, 0.5) is 0 Å². The molecule has 1 aliphatic carbocycles. The van der Waals surface area contributed by atoms with E-state index in [4.69, 9.17) is 5.11 Å². The molecule has 0 aromatic heterocycles. The fourth-order valence-corrected chi connectivity index (χ4v) is 2.28. The molecule has 21 heavy (non-hydrogen) atoms. The predicted octanol–water partition coefficient (Wildman–Crippen LogP) is 0.294. The number of amides is 2. The molecule has 2 rings (SSSR count). The summed E-state index contributed by atoms with van der Waals surface area (Å²) in [6, 6.07) is 9.06. The minimum atomic E-state index is -0.346. The van der Waals surface area contributed by atoms with Crippen LogP contribution in [0.1, 0.15) is 29.6 Å². The van der Waals surface area contributed by atoms with E-state index in [1.54, 1.807) is 24.3 Å². The van der Waals surface area contributed by atoms with Crippen LogP contribution >= 0.6 is 0 Å². The van der Waals surface area contributed by atoms with Gasteiger partial charge in [-0.15, -0.1) is 0 Å². The van der Waals surface area contributed by atoms with E-state index in [-0.39, 0.29) is 25.0 Å². The van der Waals surface area contributed by atoms with Crippen molar-refractivity contribution >= 4 is 11.8 Å². The van der Waals surface area contributed by atoms with Gasteiger partial charge < -0.3 is 5.11 Å². The molecule has 0 spiro atoms. The number of nitrogens with one attached hydrogen (secondary N) is 2. The molecule has 1 fully saturated rings. The van der Waals surface area contributed by atoms with Crippen molar-refractivity contribution in [2.75, 3.05) is 19.7 Å². The Kier molecular flexibility index (Phi) is 5.71. The van der Waals surface area contributed by atoms with Gasteiger partial charge in [0.2, 0.25) is 0 Å². The Bertz CT molecular complexity index is 474. The molecule has 2 amide bonds. The molecular weight excluding hydrogens is 270 g/mol. The first-order chi connectivity index (χ1) is 10.2. The quantitative estimate of drug-likeness (QED) is 0.658. The number of carbonyl (C=O) groups excluding carboxylic acids is 2. The van der Waals surface area contributed by atoms with E-state index in [9.17, 15) is 9.59 Å². The summed E-state index contributed by atoms with van der Waals surface area (Å²) in [5.74, 6) is -0.624. The van der Waals surface area contributed by atoms with Crippen molar-refractivity contribution in [2.24, 2.45) is 0 Å². The highest BCUT2D eigenvalue weighted by atomic mass is 16.3. The first kappa shape index (κ1) is 15.5. The van der Waals surface area contributed by atoms with Crippen LogP contribution in [-0.2, 0) is 4.79 Å². The Balaban J connectivity index is 1.77. The number of aliphatic hydroxyl groups excluding tert-OH is 1. The fraction of sp³-hybridized carbons (Fsp3) is 0.467. The molecule has 0 unspecified atom stereocenters. The number of carbonyl (C=O) groups is 2. The summed E-state index contributed by atoms with van der Waals surface area (Å²) in [6.45, 7) is 0.686. The molecule has 1 aromatic rings. The average molecular weight is 291 g/mol. The molecule has 1 saturated carbocycles. The fourth-order valence-electron chi connectivity index (χ4n) is 2.28. The number of nitrogens with zero attached hydrogens (tertiary/aromatic N) is 1. The minimum absolute atomic E-state index is 0.0279. The maximum absolute atomic E-state index is 11.9. The summed E-state index contributed by atoms with van der Waals surface area (Å²) >= 11 is 0. The molecule has 1 aliphatic rings. The van der Waals surface area contributed by atoms with Crippen molar-refractivity contribution in [2.45, 2.75) is 25.3 Å². The van der Waals surface area contributed by atoms with E-state index in [0.717, 1.165) is 12.8 Å². The van der Waals surface area contributed by atoms with Crippen molar-refractivity contribution in [1.29, 1.82) is 0 Å². The lowest BCUT2D eigenvalue weighted by Crippen LogP contribution is -2.50. The Morgan fingerprint density at radius 3 is 2.48 bits per heavy atom. The minimum Gasteiger partial charge on any atom is -0.395 e. The molecule has 0 saturated heterocycles. The molecule has 0 bridgehead atoms. The Hall–Kier alpha value is -1.92. The van der Waals surface area contributed by atoms with Crippen molar-refractivity contribution in [3.8, 4) is 0 Å². The smallest absolute Gasteiger partial charge is 0.269 e. The SMILES string of the molecule is O=C(CN(CCO)C1CCC1)NNC(=O)c1ccccc1. The molecular formula is C15H21N3O3. The molecule has 6 nitrogen and oxygen atoms in total. The van der Waals surface area contributed by atoms with Crippen LogP contribution in [0.5, 0.6) is 0 Å². The number of hydrogen-bond acceptors (Lipinski definition) is 4. The lowest BCUT2D eigenvalue weighted by molar-refractivity contribution is -0.124. The van der Waals surface area contributed by atoms with Gasteiger partial charge >= 0.3 is 0 Å². The van der Waals surface area contributed by atoms with Gasteiger partial charge in [0.25, 0.3) is 11.8 Å². The molecule has 0 aliphatic heterocycles. The molecule has 1 aromatic carbocycles. The van der Waals surface area contributed by atoms with Crippen LogP contribution in [0, 0.1) is 0 Å². The topological polar surface area (TPSA) is 81.7 Å². The molecule has 0 radical (unpaired) electrons. The van der Waals surface area contributed by atoms with Crippen molar-refractivity contribution in [3.05, 3.63) is 35.9 Å². The van der Waals surface area contributed by atoms with Gasteiger partial charge in [-0.25, -0.2) is 0 Å². The van der Waals surface area contributed by atoms with Crippen molar-refractivity contribution in [1.82, 2.24) is 15.8 Å². The summed E-state index contributed by atoms with van der Waals surface area (Å²) in [4.78, 5) is 25.6. The number of hydrazine groups is 1. The van der Waals surface area contributed by atoms with Gasteiger partial charge in [0.15, 0.2) is 0 Å². The van der Waals surface area contributed by atoms with E-state index in [1.807, 2.05) is 11.0 Å². The lowest BCUT2D eigenvalue weighted by atomic mass is 9.91. The van der Waals surface area contributed by atoms with Crippen LogP contribution in [0.25, 0.3) is 0 Å². The third-order valence-electron chi connectivity index (χ3n) is 3.68. The third kappa shape index (κ3) is 4.54. The van der Waals surface area contributed by atoms with Crippen molar-refractivity contribution < 1.29 is 14.7 Å². The van der Waals surface area contributed by atoms with Gasteiger partial charge in [-0.2, -0.15) is 0 Å². The number of hydrogen-bond donors (Lipinski definition) is 3. The van der Waals surface area contributed by atoms with Gasteiger partial charge in [0.1, 0.15) is 0 Å². The molecule has 114 valence electrons. The monoisotopic (exact) mass is 291 g/mol. The van der Waals surface area contributed by atoms with Crippen LogP contribution in [0.15, 0.2) is 30.3 Å². The Morgan fingerprint density at radius 2 is 1.90 bits per heavy atom. The highest BCUT2D eigenvalue weighted by molar-refractivity contribution is 5.95. The van der Waals surface area contributed by atoms with Gasteiger partial charge in [-0.05, 0) is 25.0 Å². The zero-order chi connectivity index (χ0) is 15.1. The number of benzene rings is 1. The van der Waals surface area contributed by atoms with Gasteiger partial charge in [0.05, 0.1) is 13.2 Å². The maximum atomic E-state index is 11.9. The summed E-state index contributed by atoms with van der Waals surface area (Å²) in [6.07, 6.45) is 3.28. The molecule has 6 heteroatoms. The van der Waals surface area contributed by atoms with E-state index in [1.165, 1.54) is 6.42 Å². The molecule has 3 N–H and O–H groups in total. The first-order valence-electron chi connectivity index (χ1n) is 7.20.